The number of hydrogen-bond acceptors (Lipinski definition) is 6. The van der Waals surface area contributed by atoms with Crippen LogP contribution in [0, 0.1) is 5.82 Å². The zero-order chi connectivity index (χ0) is 20.1. The SMILES string of the molecule is CC(Nc1cc(C(=O)N(C)C)cc(Nc2cnccn2)n1)c1ccc(F)cc1. The van der Waals surface area contributed by atoms with Gasteiger partial charge in [0.25, 0.3) is 5.91 Å². The zero-order valence-corrected chi connectivity index (χ0v) is 15.8. The Balaban J connectivity index is 1.90. The molecule has 0 fully saturated rings. The standard InChI is InChI=1S/C20H21FN6O/c1-13(14-4-6-16(21)7-5-14)24-17-10-15(20(28)27(2)3)11-18(25-17)26-19-12-22-8-9-23-19/h4-13H,1-3H3,(H2,23,24,25,26). The molecule has 8 heteroatoms. The van der Waals surface area contributed by atoms with Crippen LogP contribution in [0.15, 0.2) is 55.0 Å². The summed E-state index contributed by atoms with van der Waals surface area (Å²) in [4.78, 5) is 26.7. The number of carbonyl (C=O) groups is 1. The fourth-order valence-electron chi connectivity index (χ4n) is 2.60. The number of benzene rings is 1. The summed E-state index contributed by atoms with van der Waals surface area (Å²) in [7, 11) is 3.37. The van der Waals surface area contributed by atoms with E-state index in [1.807, 2.05) is 6.92 Å². The van der Waals surface area contributed by atoms with E-state index in [2.05, 4.69) is 25.6 Å². The van der Waals surface area contributed by atoms with Gasteiger partial charge in [-0.25, -0.2) is 14.4 Å². The molecule has 0 radical (unpaired) electrons. The van der Waals surface area contributed by atoms with E-state index >= 15 is 0 Å². The first-order chi connectivity index (χ1) is 13.4. The smallest absolute Gasteiger partial charge is 0.253 e. The number of nitrogens with zero attached hydrogens (tertiary/aromatic N) is 4. The number of pyridine rings is 1. The van der Waals surface area contributed by atoms with Gasteiger partial charge in [-0.15, -0.1) is 0 Å². The van der Waals surface area contributed by atoms with E-state index in [1.54, 1.807) is 57.0 Å². The summed E-state index contributed by atoms with van der Waals surface area (Å²) in [5.74, 6) is 1.05. The lowest BCUT2D eigenvalue weighted by Crippen LogP contribution is -2.22. The van der Waals surface area contributed by atoms with Crippen LogP contribution in [-0.4, -0.2) is 39.9 Å². The van der Waals surface area contributed by atoms with Crippen molar-refractivity contribution in [2.24, 2.45) is 0 Å². The molecule has 2 aromatic heterocycles. The first-order valence-electron chi connectivity index (χ1n) is 8.71. The van der Waals surface area contributed by atoms with E-state index in [0.717, 1.165) is 5.56 Å². The van der Waals surface area contributed by atoms with Crippen molar-refractivity contribution in [1.82, 2.24) is 19.9 Å². The summed E-state index contributed by atoms with van der Waals surface area (Å²) in [6.45, 7) is 1.94. The summed E-state index contributed by atoms with van der Waals surface area (Å²) >= 11 is 0. The van der Waals surface area contributed by atoms with E-state index < -0.39 is 0 Å². The highest BCUT2D eigenvalue weighted by atomic mass is 19.1. The summed E-state index contributed by atoms with van der Waals surface area (Å²) in [6, 6.07) is 9.44. The van der Waals surface area contributed by atoms with Gasteiger partial charge in [0.05, 0.1) is 6.20 Å². The van der Waals surface area contributed by atoms with Gasteiger partial charge in [0.2, 0.25) is 0 Å². The normalized spacial score (nSPS) is 11.6. The van der Waals surface area contributed by atoms with Gasteiger partial charge in [-0.1, -0.05) is 12.1 Å². The number of anilines is 3. The maximum Gasteiger partial charge on any atom is 0.253 e. The summed E-state index contributed by atoms with van der Waals surface area (Å²) in [6.07, 6.45) is 4.70. The van der Waals surface area contributed by atoms with E-state index in [4.69, 9.17) is 0 Å². The predicted molar refractivity (Wildman–Crippen MR) is 106 cm³/mol. The topological polar surface area (TPSA) is 83.0 Å². The van der Waals surface area contributed by atoms with Crippen molar-refractivity contribution < 1.29 is 9.18 Å². The highest BCUT2D eigenvalue weighted by Crippen LogP contribution is 2.23. The van der Waals surface area contributed by atoms with Crippen LogP contribution in [0.2, 0.25) is 0 Å². The minimum absolute atomic E-state index is 0.137. The minimum Gasteiger partial charge on any atom is -0.363 e. The van der Waals surface area contributed by atoms with Crippen molar-refractivity contribution in [1.29, 1.82) is 0 Å². The molecule has 28 heavy (non-hydrogen) atoms. The molecule has 2 N–H and O–H groups in total. The van der Waals surface area contributed by atoms with Crippen LogP contribution in [0.3, 0.4) is 0 Å². The minimum atomic E-state index is -0.289. The molecule has 0 aliphatic carbocycles. The Morgan fingerprint density at radius 3 is 2.43 bits per heavy atom. The van der Waals surface area contributed by atoms with Crippen LogP contribution in [0.4, 0.5) is 21.8 Å². The molecule has 3 aromatic rings. The molecule has 3 rings (SSSR count). The Morgan fingerprint density at radius 1 is 1.07 bits per heavy atom. The lowest BCUT2D eigenvalue weighted by Gasteiger charge is -2.18. The Kier molecular flexibility index (Phi) is 5.78. The summed E-state index contributed by atoms with van der Waals surface area (Å²) in [5, 5.41) is 6.31. The van der Waals surface area contributed by atoms with Gasteiger partial charge in [0.1, 0.15) is 23.3 Å². The van der Waals surface area contributed by atoms with E-state index in [1.165, 1.54) is 17.0 Å². The molecular formula is C20H21FN6O. The average Bonchev–Trinajstić information content (AvgIpc) is 2.68. The molecule has 1 unspecified atom stereocenters. The maximum atomic E-state index is 13.2. The zero-order valence-electron chi connectivity index (χ0n) is 15.8. The largest absolute Gasteiger partial charge is 0.363 e. The van der Waals surface area contributed by atoms with E-state index in [-0.39, 0.29) is 17.8 Å². The fraction of sp³-hybridized carbons (Fsp3) is 0.200. The second-order valence-corrected chi connectivity index (χ2v) is 6.46. The second-order valence-electron chi connectivity index (χ2n) is 6.46. The third-order valence-electron chi connectivity index (χ3n) is 4.03. The number of rotatable bonds is 6. The average molecular weight is 380 g/mol. The van der Waals surface area contributed by atoms with Crippen molar-refractivity contribution in [3.05, 3.63) is 71.9 Å². The number of nitrogens with one attached hydrogen (secondary N) is 2. The second kappa shape index (κ2) is 8.43. The number of aromatic nitrogens is 3. The van der Waals surface area contributed by atoms with Crippen molar-refractivity contribution in [2.75, 3.05) is 24.7 Å². The lowest BCUT2D eigenvalue weighted by molar-refractivity contribution is 0.0827. The molecular weight excluding hydrogens is 359 g/mol. The first kappa shape index (κ1) is 19.2. The van der Waals surface area contributed by atoms with Crippen LogP contribution >= 0.6 is 0 Å². The molecule has 0 aliphatic rings. The molecule has 1 aromatic carbocycles. The third kappa shape index (κ3) is 4.79. The first-order valence-corrected chi connectivity index (χ1v) is 8.71. The van der Waals surface area contributed by atoms with Gasteiger partial charge in [-0.3, -0.25) is 9.78 Å². The quantitative estimate of drug-likeness (QED) is 0.680. The van der Waals surface area contributed by atoms with Gasteiger partial charge in [0.15, 0.2) is 0 Å². The summed E-state index contributed by atoms with van der Waals surface area (Å²) < 4.78 is 13.2. The predicted octanol–water partition coefficient (Wildman–Crippen LogP) is 3.63. The molecule has 2 heterocycles. The molecule has 1 amide bonds. The number of halogens is 1. The monoisotopic (exact) mass is 380 g/mol. The molecule has 0 bridgehead atoms. The Labute approximate surface area is 162 Å². The molecule has 0 aliphatic heterocycles. The van der Waals surface area contributed by atoms with Gasteiger partial charge in [-0.2, -0.15) is 0 Å². The molecule has 7 nitrogen and oxygen atoms in total. The molecule has 0 saturated heterocycles. The Hall–Kier alpha value is -3.55. The van der Waals surface area contributed by atoms with E-state index in [9.17, 15) is 9.18 Å². The van der Waals surface area contributed by atoms with Crippen molar-refractivity contribution >= 4 is 23.4 Å². The van der Waals surface area contributed by atoms with Gasteiger partial charge >= 0.3 is 0 Å². The summed E-state index contributed by atoms with van der Waals surface area (Å²) in [5.41, 5.74) is 1.37. The molecule has 144 valence electrons. The van der Waals surface area contributed by atoms with Crippen LogP contribution in [0.1, 0.15) is 28.9 Å². The van der Waals surface area contributed by atoms with Crippen LogP contribution in [-0.2, 0) is 0 Å². The van der Waals surface area contributed by atoms with Gasteiger partial charge in [-0.05, 0) is 36.8 Å². The van der Waals surface area contributed by atoms with Crippen LogP contribution < -0.4 is 10.6 Å². The fourth-order valence-corrected chi connectivity index (χ4v) is 2.60. The number of carbonyl (C=O) groups excluding carboxylic acids is 1. The highest BCUT2D eigenvalue weighted by molar-refractivity contribution is 5.95. The third-order valence-corrected chi connectivity index (χ3v) is 4.03. The number of amides is 1. The highest BCUT2D eigenvalue weighted by Gasteiger charge is 2.14. The van der Waals surface area contributed by atoms with Crippen LogP contribution in [0.5, 0.6) is 0 Å². The maximum absolute atomic E-state index is 13.2. The van der Waals surface area contributed by atoms with Crippen molar-refractivity contribution in [2.45, 2.75) is 13.0 Å². The van der Waals surface area contributed by atoms with E-state index in [0.29, 0.717) is 23.0 Å². The van der Waals surface area contributed by atoms with Crippen molar-refractivity contribution in [3.63, 3.8) is 0 Å². The Morgan fingerprint density at radius 2 is 1.79 bits per heavy atom. The molecule has 1 atom stereocenters. The lowest BCUT2D eigenvalue weighted by atomic mass is 10.1. The van der Waals surface area contributed by atoms with Gasteiger partial charge < -0.3 is 15.5 Å². The molecule has 0 saturated carbocycles. The Bertz CT molecular complexity index is 947. The van der Waals surface area contributed by atoms with Gasteiger partial charge in [0, 0.05) is 38.1 Å². The molecule has 0 spiro atoms. The van der Waals surface area contributed by atoms with Crippen LogP contribution in [0.25, 0.3) is 0 Å². The number of hydrogen-bond donors (Lipinski definition) is 2. The van der Waals surface area contributed by atoms with Crippen molar-refractivity contribution in [3.8, 4) is 0 Å².